The van der Waals surface area contributed by atoms with Crippen LogP contribution >= 0.6 is 7.37 Å². The third-order valence-corrected chi connectivity index (χ3v) is 5.59. The average molecular weight is 348 g/mol. The Morgan fingerprint density at radius 1 is 0.792 bits per heavy atom. The van der Waals surface area contributed by atoms with Crippen LogP contribution in [0, 0.1) is 17.5 Å². The molecular weight excluding hydrogens is 336 g/mol. The van der Waals surface area contributed by atoms with Gasteiger partial charge in [0.05, 0.1) is 5.30 Å². The molecule has 6 heteroatoms. The van der Waals surface area contributed by atoms with Crippen molar-refractivity contribution in [2.75, 3.05) is 0 Å². The predicted molar refractivity (Wildman–Crippen MR) is 87.3 cm³/mol. The van der Waals surface area contributed by atoms with Gasteiger partial charge in [0.2, 0.25) is 0 Å². The van der Waals surface area contributed by atoms with Gasteiger partial charge in [-0.05, 0) is 48.0 Å². The predicted octanol–water partition coefficient (Wildman–Crippen LogP) is 3.99. The molecule has 1 N–H and O–H groups in total. The molecule has 122 valence electrons. The highest BCUT2D eigenvalue weighted by Crippen LogP contribution is 2.42. The van der Waals surface area contributed by atoms with Gasteiger partial charge in [0.25, 0.3) is 7.37 Å². The molecule has 3 aromatic carbocycles. The molecule has 3 rings (SSSR count). The van der Waals surface area contributed by atoms with E-state index in [1.54, 1.807) is 0 Å². The Balaban J connectivity index is 2.26. The second-order valence-corrected chi connectivity index (χ2v) is 7.35. The summed E-state index contributed by atoms with van der Waals surface area (Å²) < 4.78 is 54.2. The van der Waals surface area contributed by atoms with Crippen LogP contribution in [-0.2, 0) is 4.57 Å². The van der Waals surface area contributed by atoms with Crippen molar-refractivity contribution >= 4 is 18.0 Å². The van der Waals surface area contributed by atoms with Gasteiger partial charge in [0, 0.05) is 10.9 Å². The molecule has 0 aliphatic rings. The topological polar surface area (TPSA) is 37.3 Å². The fourth-order valence-corrected chi connectivity index (χ4v) is 4.19. The Morgan fingerprint density at radius 2 is 1.42 bits per heavy atom. The van der Waals surface area contributed by atoms with E-state index in [-0.39, 0.29) is 21.7 Å². The van der Waals surface area contributed by atoms with Gasteiger partial charge in [0.1, 0.15) is 17.5 Å². The highest BCUT2D eigenvalue weighted by Gasteiger charge is 2.29. The van der Waals surface area contributed by atoms with Crippen molar-refractivity contribution in [2.24, 2.45) is 0 Å². The maximum absolute atomic E-state index is 14.4. The van der Waals surface area contributed by atoms with E-state index in [1.165, 1.54) is 42.5 Å². The summed E-state index contributed by atoms with van der Waals surface area (Å²) in [5.41, 5.74) is -0.0409. The van der Waals surface area contributed by atoms with Gasteiger partial charge >= 0.3 is 0 Å². The maximum atomic E-state index is 14.4. The van der Waals surface area contributed by atoms with Gasteiger partial charge in [-0.1, -0.05) is 24.3 Å². The second-order valence-electron chi connectivity index (χ2n) is 5.20. The van der Waals surface area contributed by atoms with Crippen LogP contribution in [0.5, 0.6) is 0 Å². The van der Waals surface area contributed by atoms with Crippen LogP contribution in [0.3, 0.4) is 0 Å². The largest absolute Gasteiger partial charge is 0.338 e. The maximum Gasteiger partial charge on any atom is 0.259 e. The molecule has 0 saturated heterocycles. The Hall–Kier alpha value is -2.36. The van der Waals surface area contributed by atoms with E-state index in [4.69, 9.17) is 0 Å². The van der Waals surface area contributed by atoms with Crippen LogP contribution < -0.4 is 10.6 Å². The standard InChI is InChI=1S/C18H12F3O2P/c19-13-5-1-4-12(10-13)18-16(21)8-3-9-17(18)24(22,23)15-7-2-6-14(20)11-15/h1-11H,(H,22,23). The molecule has 2 nitrogen and oxygen atoms in total. The van der Waals surface area contributed by atoms with Gasteiger partial charge in [0.15, 0.2) is 0 Å². The van der Waals surface area contributed by atoms with E-state index in [1.807, 2.05) is 0 Å². The molecule has 0 radical (unpaired) electrons. The van der Waals surface area contributed by atoms with Crippen LogP contribution in [0.15, 0.2) is 66.7 Å². The Bertz CT molecular complexity index is 956. The summed E-state index contributed by atoms with van der Waals surface area (Å²) in [6, 6.07) is 13.5. The minimum Gasteiger partial charge on any atom is -0.338 e. The van der Waals surface area contributed by atoms with Crippen LogP contribution in [-0.4, -0.2) is 4.89 Å². The fourth-order valence-electron chi connectivity index (χ4n) is 2.50. The quantitative estimate of drug-likeness (QED) is 0.727. The van der Waals surface area contributed by atoms with Gasteiger partial charge in [-0.2, -0.15) is 0 Å². The number of rotatable bonds is 3. The second kappa shape index (κ2) is 6.27. The first kappa shape index (κ1) is 16.5. The number of benzene rings is 3. The van der Waals surface area contributed by atoms with E-state index in [9.17, 15) is 22.6 Å². The van der Waals surface area contributed by atoms with Crippen molar-refractivity contribution in [2.45, 2.75) is 0 Å². The molecule has 3 aromatic rings. The van der Waals surface area contributed by atoms with Gasteiger partial charge in [-0.15, -0.1) is 0 Å². The van der Waals surface area contributed by atoms with E-state index in [2.05, 4.69) is 0 Å². The molecule has 0 fully saturated rings. The SMILES string of the molecule is O=P(O)(c1cccc(F)c1)c1cccc(F)c1-c1cccc(F)c1. The molecule has 1 atom stereocenters. The summed E-state index contributed by atoms with van der Waals surface area (Å²) in [5.74, 6) is -2.03. The normalized spacial score (nSPS) is 13.5. The molecule has 0 aromatic heterocycles. The summed E-state index contributed by atoms with van der Waals surface area (Å²) in [7, 11) is -4.27. The summed E-state index contributed by atoms with van der Waals surface area (Å²) in [6.45, 7) is 0. The molecule has 0 spiro atoms. The van der Waals surface area contributed by atoms with Crippen LogP contribution in [0.1, 0.15) is 0 Å². The van der Waals surface area contributed by atoms with Crippen LogP contribution in [0.4, 0.5) is 13.2 Å². The summed E-state index contributed by atoms with van der Waals surface area (Å²) in [5, 5.41) is -0.371. The lowest BCUT2D eigenvalue weighted by Crippen LogP contribution is -2.19. The van der Waals surface area contributed by atoms with Crippen LogP contribution in [0.25, 0.3) is 11.1 Å². The minimum absolute atomic E-state index is 0.133. The first-order valence-electron chi connectivity index (χ1n) is 7.03. The van der Waals surface area contributed by atoms with E-state index < -0.39 is 24.8 Å². The lowest BCUT2D eigenvalue weighted by molar-refractivity contribution is 0.500. The molecule has 1 unspecified atom stereocenters. The Morgan fingerprint density at radius 3 is 2.08 bits per heavy atom. The van der Waals surface area contributed by atoms with Gasteiger partial charge in [-0.3, -0.25) is 4.57 Å². The minimum atomic E-state index is -4.27. The van der Waals surface area contributed by atoms with Crippen molar-refractivity contribution in [3.63, 3.8) is 0 Å². The molecular formula is C18H12F3O2P. The van der Waals surface area contributed by atoms with Crippen molar-refractivity contribution in [3.05, 3.63) is 84.2 Å². The van der Waals surface area contributed by atoms with E-state index in [0.29, 0.717) is 0 Å². The third-order valence-electron chi connectivity index (χ3n) is 3.59. The summed E-state index contributed by atoms with van der Waals surface area (Å²) in [6.07, 6.45) is 0. The summed E-state index contributed by atoms with van der Waals surface area (Å²) >= 11 is 0. The zero-order chi connectivity index (χ0) is 17.3. The van der Waals surface area contributed by atoms with Crippen molar-refractivity contribution in [1.29, 1.82) is 0 Å². The molecule has 24 heavy (non-hydrogen) atoms. The highest BCUT2D eigenvalue weighted by molar-refractivity contribution is 7.73. The van der Waals surface area contributed by atoms with Gasteiger partial charge in [-0.25, -0.2) is 13.2 Å². The summed E-state index contributed by atoms with van der Waals surface area (Å²) in [4.78, 5) is 10.5. The van der Waals surface area contributed by atoms with Crippen molar-refractivity contribution < 1.29 is 22.6 Å². The van der Waals surface area contributed by atoms with Crippen LogP contribution in [0.2, 0.25) is 0 Å². The molecule has 0 aliphatic carbocycles. The smallest absolute Gasteiger partial charge is 0.259 e. The molecule has 0 saturated carbocycles. The van der Waals surface area contributed by atoms with Crippen molar-refractivity contribution in [3.8, 4) is 11.1 Å². The van der Waals surface area contributed by atoms with Crippen molar-refractivity contribution in [1.82, 2.24) is 0 Å². The average Bonchev–Trinajstić information content (AvgIpc) is 2.54. The third kappa shape index (κ3) is 3.01. The Labute approximate surface area is 136 Å². The highest BCUT2D eigenvalue weighted by atomic mass is 31.2. The molecule has 0 bridgehead atoms. The van der Waals surface area contributed by atoms with Gasteiger partial charge < -0.3 is 4.89 Å². The fraction of sp³-hybridized carbons (Fsp3) is 0. The van der Waals surface area contributed by atoms with E-state index in [0.717, 1.165) is 24.3 Å². The monoisotopic (exact) mass is 348 g/mol. The lowest BCUT2D eigenvalue weighted by Gasteiger charge is -2.17. The zero-order valence-electron chi connectivity index (χ0n) is 12.3. The Kier molecular flexibility index (Phi) is 4.31. The number of halogens is 3. The molecule has 0 heterocycles. The molecule has 0 amide bonds. The zero-order valence-corrected chi connectivity index (χ0v) is 13.2. The molecule has 0 aliphatic heterocycles. The first-order valence-corrected chi connectivity index (χ1v) is 8.69. The first-order chi connectivity index (χ1) is 11.4. The van der Waals surface area contributed by atoms with E-state index >= 15 is 0 Å². The lowest BCUT2D eigenvalue weighted by atomic mass is 10.1. The number of hydrogen-bond donors (Lipinski definition) is 1. The number of hydrogen-bond acceptors (Lipinski definition) is 1.